The predicted octanol–water partition coefficient (Wildman–Crippen LogP) is -0.238. The molecule has 0 radical (unpaired) electrons. The van der Waals surface area contributed by atoms with Crippen molar-refractivity contribution in [2.24, 2.45) is 11.8 Å². The number of urea groups is 1. The Balaban J connectivity index is 1.72. The summed E-state index contributed by atoms with van der Waals surface area (Å²) >= 11 is 0. The molecule has 2 fully saturated rings. The minimum absolute atomic E-state index is 0.227. The van der Waals surface area contributed by atoms with E-state index in [0.29, 0.717) is 18.4 Å². The molecule has 108 valence electrons. The molecule has 0 saturated carbocycles. The minimum Gasteiger partial charge on any atom is -0.333 e. The summed E-state index contributed by atoms with van der Waals surface area (Å²) in [5.74, 6) is 1.10. The lowest BCUT2D eigenvalue weighted by Gasteiger charge is -2.21. The Kier molecular flexibility index (Phi) is 4.10. The van der Waals surface area contributed by atoms with Crippen LogP contribution in [0.5, 0.6) is 0 Å². The van der Waals surface area contributed by atoms with Crippen LogP contribution in [0.2, 0.25) is 0 Å². The van der Waals surface area contributed by atoms with Gasteiger partial charge < -0.3 is 10.6 Å². The van der Waals surface area contributed by atoms with Gasteiger partial charge in [0.05, 0.1) is 6.54 Å². The Labute approximate surface area is 114 Å². The number of imide groups is 1. The molecule has 2 heterocycles. The molecule has 2 aliphatic rings. The molecule has 2 atom stereocenters. The fraction of sp³-hybridized carbons (Fsp3) is 0.846. The lowest BCUT2D eigenvalue weighted by atomic mass is 10.0. The SMILES string of the molecule is CC(C)(C)NC(=O)NC(=O)CN1CC2CNCC2C1. The number of hydrogen-bond acceptors (Lipinski definition) is 4. The maximum Gasteiger partial charge on any atom is 0.321 e. The van der Waals surface area contributed by atoms with E-state index in [2.05, 4.69) is 20.9 Å². The van der Waals surface area contributed by atoms with Gasteiger partial charge in [-0.3, -0.25) is 15.0 Å². The van der Waals surface area contributed by atoms with Gasteiger partial charge in [-0.05, 0) is 45.7 Å². The van der Waals surface area contributed by atoms with Gasteiger partial charge in [-0.1, -0.05) is 0 Å². The van der Waals surface area contributed by atoms with E-state index in [0.717, 1.165) is 26.2 Å². The Morgan fingerprint density at radius 1 is 1.21 bits per heavy atom. The van der Waals surface area contributed by atoms with Crippen molar-refractivity contribution in [3.63, 3.8) is 0 Å². The van der Waals surface area contributed by atoms with Crippen LogP contribution in [0.15, 0.2) is 0 Å². The highest BCUT2D eigenvalue weighted by Crippen LogP contribution is 2.25. The third kappa shape index (κ3) is 4.18. The standard InChI is InChI=1S/C13H24N4O2/c1-13(2,3)16-12(19)15-11(18)8-17-6-9-4-14-5-10(9)7-17/h9-10,14H,4-8H2,1-3H3,(H2,15,16,18,19). The zero-order valence-corrected chi connectivity index (χ0v) is 12.0. The summed E-state index contributed by atoms with van der Waals surface area (Å²) in [7, 11) is 0. The molecular weight excluding hydrogens is 244 g/mol. The van der Waals surface area contributed by atoms with Crippen LogP contribution in [0.25, 0.3) is 0 Å². The van der Waals surface area contributed by atoms with Gasteiger partial charge >= 0.3 is 6.03 Å². The highest BCUT2D eigenvalue weighted by Gasteiger charge is 2.36. The zero-order valence-electron chi connectivity index (χ0n) is 12.0. The second-order valence-corrected chi connectivity index (χ2v) is 6.62. The molecule has 0 aromatic heterocycles. The summed E-state index contributed by atoms with van der Waals surface area (Å²) < 4.78 is 0. The van der Waals surface area contributed by atoms with Gasteiger partial charge in [0.2, 0.25) is 5.91 Å². The second kappa shape index (κ2) is 5.46. The first-order valence-electron chi connectivity index (χ1n) is 6.88. The lowest BCUT2D eigenvalue weighted by molar-refractivity contribution is -0.121. The van der Waals surface area contributed by atoms with Gasteiger partial charge in [0.15, 0.2) is 0 Å². The van der Waals surface area contributed by atoms with Crippen LogP contribution in [0, 0.1) is 11.8 Å². The van der Waals surface area contributed by atoms with Gasteiger partial charge in [0.25, 0.3) is 0 Å². The quantitative estimate of drug-likeness (QED) is 0.646. The predicted molar refractivity (Wildman–Crippen MR) is 72.7 cm³/mol. The molecule has 0 aromatic carbocycles. The molecule has 3 amide bonds. The summed E-state index contributed by atoms with van der Waals surface area (Å²) in [5, 5.41) is 8.46. The summed E-state index contributed by atoms with van der Waals surface area (Å²) in [6.07, 6.45) is 0. The fourth-order valence-corrected chi connectivity index (χ4v) is 2.82. The summed E-state index contributed by atoms with van der Waals surface area (Å²) in [6, 6.07) is -0.418. The molecule has 2 aliphatic heterocycles. The van der Waals surface area contributed by atoms with Gasteiger partial charge in [-0.2, -0.15) is 0 Å². The van der Waals surface area contributed by atoms with Crippen LogP contribution in [0.3, 0.4) is 0 Å². The van der Waals surface area contributed by atoms with Gasteiger partial charge in [-0.25, -0.2) is 4.79 Å². The van der Waals surface area contributed by atoms with Crippen LogP contribution in [-0.2, 0) is 4.79 Å². The Morgan fingerprint density at radius 3 is 2.32 bits per heavy atom. The van der Waals surface area contributed by atoms with E-state index in [1.165, 1.54) is 0 Å². The largest absolute Gasteiger partial charge is 0.333 e. The molecule has 2 rings (SSSR count). The zero-order chi connectivity index (χ0) is 14.0. The van der Waals surface area contributed by atoms with Crippen molar-refractivity contribution in [3.8, 4) is 0 Å². The molecular formula is C13H24N4O2. The molecule has 6 heteroatoms. The highest BCUT2D eigenvalue weighted by molar-refractivity contribution is 5.95. The summed E-state index contributed by atoms with van der Waals surface area (Å²) in [4.78, 5) is 25.5. The van der Waals surface area contributed by atoms with E-state index in [9.17, 15) is 9.59 Å². The number of hydrogen-bond donors (Lipinski definition) is 3. The van der Waals surface area contributed by atoms with E-state index in [-0.39, 0.29) is 11.4 Å². The highest BCUT2D eigenvalue weighted by atomic mass is 16.2. The number of fused-ring (bicyclic) bond motifs is 1. The van der Waals surface area contributed by atoms with E-state index >= 15 is 0 Å². The van der Waals surface area contributed by atoms with Gasteiger partial charge in [-0.15, -0.1) is 0 Å². The molecule has 2 unspecified atom stereocenters. The molecule has 0 aromatic rings. The van der Waals surface area contributed by atoms with E-state index in [1.54, 1.807) is 0 Å². The van der Waals surface area contributed by atoms with E-state index in [1.807, 2.05) is 20.8 Å². The Morgan fingerprint density at radius 2 is 1.79 bits per heavy atom. The maximum absolute atomic E-state index is 11.8. The first-order valence-corrected chi connectivity index (χ1v) is 6.88. The number of rotatable bonds is 2. The molecule has 0 spiro atoms. The normalized spacial score (nSPS) is 27.1. The number of carbonyl (C=O) groups is 2. The van der Waals surface area contributed by atoms with Gasteiger partial charge in [0.1, 0.15) is 0 Å². The maximum atomic E-state index is 11.8. The number of amides is 3. The number of likely N-dealkylation sites (tertiary alicyclic amines) is 1. The molecule has 6 nitrogen and oxygen atoms in total. The van der Waals surface area contributed by atoms with E-state index in [4.69, 9.17) is 0 Å². The summed E-state index contributed by atoms with van der Waals surface area (Å²) in [5.41, 5.74) is -0.333. The third-order valence-corrected chi connectivity index (χ3v) is 3.57. The number of nitrogens with zero attached hydrogens (tertiary/aromatic N) is 1. The fourth-order valence-electron chi connectivity index (χ4n) is 2.82. The minimum atomic E-state index is -0.418. The summed E-state index contributed by atoms with van der Waals surface area (Å²) in [6.45, 7) is 9.95. The van der Waals surface area contributed by atoms with Crippen molar-refractivity contribution in [3.05, 3.63) is 0 Å². The third-order valence-electron chi connectivity index (χ3n) is 3.57. The molecule has 19 heavy (non-hydrogen) atoms. The lowest BCUT2D eigenvalue weighted by Crippen LogP contribution is -2.50. The van der Waals surface area contributed by atoms with Gasteiger partial charge in [0, 0.05) is 18.6 Å². The molecule has 0 aliphatic carbocycles. The van der Waals surface area contributed by atoms with E-state index < -0.39 is 6.03 Å². The Bertz CT molecular complexity index is 352. The average Bonchev–Trinajstić information content (AvgIpc) is 2.73. The smallest absolute Gasteiger partial charge is 0.321 e. The second-order valence-electron chi connectivity index (χ2n) is 6.62. The van der Waals surface area contributed by atoms with Crippen LogP contribution in [-0.4, -0.2) is 55.1 Å². The monoisotopic (exact) mass is 268 g/mol. The van der Waals surface area contributed by atoms with Crippen LogP contribution in [0.1, 0.15) is 20.8 Å². The number of carbonyl (C=O) groups excluding carboxylic acids is 2. The molecule has 3 N–H and O–H groups in total. The van der Waals surface area contributed by atoms with Crippen molar-refractivity contribution in [2.45, 2.75) is 26.3 Å². The van der Waals surface area contributed by atoms with Crippen LogP contribution < -0.4 is 16.0 Å². The topological polar surface area (TPSA) is 73.5 Å². The molecule has 0 bridgehead atoms. The Hall–Kier alpha value is -1.14. The first kappa shape index (κ1) is 14.3. The van der Waals surface area contributed by atoms with Crippen molar-refractivity contribution in [2.75, 3.05) is 32.7 Å². The van der Waals surface area contributed by atoms with Crippen molar-refractivity contribution in [1.29, 1.82) is 0 Å². The first-order chi connectivity index (χ1) is 8.83. The van der Waals surface area contributed by atoms with Crippen molar-refractivity contribution in [1.82, 2.24) is 20.9 Å². The van der Waals surface area contributed by atoms with Crippen molar-refractivity contribution < 1.29 is 9.59 Å². The molecule has 2 saturated heterocycles. The average molecular weight is 268 g/mol. The number of nitrogens with one attached hydrogen (secondary N) is 3. The van der Waals surface area contributed by atoms with Crippen LogP contribution >= 0.6 is 0 Å². The van der Waals surface area contributed by atoms with Crippen LogP contribution in [0.4, 0.5) is 4.79 Å². The van der Waals surface area contributed by atoms with Crippen molar-refractivity contribution >= 4 is 11.9 Å².